The number of aliphatic hydroxyl groups excluding tert-OH is 1. The van der Waals surface area contributed by atoms with Crippen LogP contribution in [0, 0.1) is 6.92 Å². The largest absolute Gasteiger partial charge is 0.392 e. The van der Waals surface area contributed by atoms with Crippen molar-refractivity contribution < 1.29 is 9.90 Å². The van der Waals surface area contributed by atoms with E-state index in [1.54, 1.807) is 12.1 Å². The van der Waals surface area contributed by atoms with Gasteiger partial charge in [0.2, 0.25) is 5.91 Å². The lowest BCUT2D eigenvalue weighted by atomic mass is 10.2. The maximum Gasteiger partial charge on any atom is 0.241 e. The number of anilines is 1. The Morgan fingerprint density at radius 3 is 2.94 bits per heavy atom. The van der Waals surface area contributed by atoms with E-state index in [0.717, 1.165) is 5.56 Å². The van der Waals surface area contributed by atoms with Crippen molar-refractivity contribution in [3.8, 4) is 0 Å². The second-order valence-corrected chi connectivity index (χ2v) is 4.73. The van der Waals surface area contributed by atoms with Crippen molar-refractivity contribution in [3.05, 3.63) is 28.8 Å². The van der Waals surface area contributed by atoms with Crippen LogP contribution in [0.5, 0.6) is 0 Å². The lowest BCUT2D eigenvalue weighted by Gasteiger charge is -2.12. The number of aryl methyl sites for hydroxylation is 1. The van der Waals surface area contributed by atoms with Gasteiger partial charge in [0.1, 0.15) is 0 Å². The van der Waals surface area contributed by atoms with E-state index in [4.69, 9.17) is 11.6 Å². The summed E-state index contributed by atoms with van der Waals surface area (Å²) in [5, 5.41) is 15.6. The van der Waals surface area contributed by atoms with Gasteiger partial charge in [0, 0.05) is 6.54 Å². The molecule has 1 heterocycles. The van der Waals surface area contributed by atoms with Crippen LogP contribution in [0.3, 0.4) is 0 Å². The third-order valence-corrected chi connectivity index (χ3v) is 3.12. The SMILES string of the molecule is Cc1ccc(NC(=O)C2CC(O)CN2)c(Cl)c1. The molecule has 92 valence electrons. The number of hydrogen-bond acceptors (Lipinski definition) is 3. The minimum atomic E-state index is -0.445. The molecule has 2 unspecified atom stereocenters. The van der Waals surface area contributed by atoms with Crippen molar-refractivity contribution in [1.82, 2.24) is 5.32 Å². The van der Waals surface area contributed by atoms with Crippen LogP contribution in [0.25, 0.3) is 0 Å². The summed E-state index contributed by atoms with van der Waals surface area (Å²) >= 11 is 6.02. The smallest absolute Gasteiger partial charge is 0.241 e. The minimum Gasteiger partial charge on any atom is -0.392 e. The standard InChI is InChI=1S/C12H15ClN2O2/c1-7-2-3-10(9(13)4-7)15-12(17)11-5-8(16)6-14-11/h2-4,8,11,14,16H,5-6H2,1H3,(H,15,17). The Bertz CT molecular complexity index is 437. The molecule has 0 radical (unpaired) electrons. The zero-order valence-corrected chi connectivity index (χ0v) is 10.3. The highest BCUT2D eigenvalue weighted by molar-refractivity contribution is 6.33. The number of β-amino-alcohol motifs (C(OH)–C–C–N with tert-alkyl or cyclic N) is 1. The molecule has 1 amide bonds. The Balaban J connectivity index is 2.03. The van der Waals surface area contributed by atoms with E-state index in [2.05, 4.69) is 10.6 Å². The van der Waals surface area contributed by atoms with Crippen LogP contribution < -0.4 is 10.6 Å². The number of benzene rings is 1. The highest BCUT2D eigenvalue weighted by Crippen LogP contribution is 2.23. The van der Waals surface area contributed by atoms with E-state index in [-0.39, 0.29) is 11.9 Å². The maximum absolute atomic E-state index is 11.9. The second kappa shape index (κ2) is 5.04. The van der Waals surface area contributed by atoms with Gasteiger partial charge in [0.15, 0.2) is 0 Å². The molecule has 0 aliphatic carbocycles. The van der Waals surface area contributed by atoms with Crippen molar-refractivity contribution >= 4 is 23.2 Å². The van der Waals surface area contributed by atoms with E-state index < -0.39 is 6.10 Å². The predicted octanol–water partition coefficient (Wildman–Crippen LogP) is 1.31. The van der Waals surface area contributed by atoms with Gasteiger partial charge < -0.3 is 15.7 Å². The number of nitrogens with one attached hydrogen (secondary N) is 2. The molecule has 0 aromatic heterocycles. The van der Waals surface area contributed by atoms with Gasteiger partial charge in [-0.2, -0.15) is 0 Å². The molecule has 1 aromatic rings. The Morgan fingerprint density at radius 1 is 1.59 bits per heavy atom. The Kier molecular flexibility index (Phi) is 3.66. The molecule has 0 saturated carbocycles. The van der Waals surface area contributed by atoms with Gasteiger partial charge in [-0.25, -0.2) is 0 Å². The molecule has 1 aliphatic heterocycles. The highest BCUT2D eigenvalue weighted by atomic mass is 35.5. The van der Waals surface area contributed by atoms with Crippen LogP contribution in [0.2, 0.25) is 5.02 Å². The van der Waals surface area contributed by atoms with E-state index in [1.807, 2.05) is 13.0 Å². The fourth-order valence-corrected chi connectivity index (χ4v) is 2.14. The summed E-state index contributed by atoms with van der Waals surface area (Å²) in [5.41, 5.74) is 1.65. The summed E-state index contributed by atoms with van der Waals surface area (Å²) in [7, 11) is 0. The molecule has 2 atom stereocenters. The Morgan fingerprint density at radius 2 is 2.35 bits per heavy atom. The van der Waals surface area contributed by atoms with Crippen molar-refractivity contribution in [2.45, 2.75) is 25.5 Å². The van der Waals surface area contributed by atoms with Crippen molar-refractivity contribution in [2.24, 2.45) is 0 Å². The Labute approximate surface area is 105 Å². The lowest BCUT2D eigenvalue weighted by molar-refractivity contribution is -0.117. The minimum absolute atomic E-state index is 0.160. The first-order chi connectivity index (χ1) is 8.06. The molecule has 4 nitrogen and oxygen atoms in total. The molecular weight excluding hydrogens is 240 g/mol. The zero-order valence-electron chi connectivity index (χ0n) is 9.53. The average molecular weight is 255 g/mol. The molecular formula is C12H15ClN2O2. The molecule has 3 N–H and O–H groups in total. The molecule has 2 rings (SSSR count). The molecule has 1 aromatic carbocycles. The number of aliphatic hydroxyl groups is 1. The van der Waals surface area contributed by atoms with Gasteiger partial charge in [-0.1, -0.05) is 17.7 Å². The topological polar surface area (TPSA) is 61.4 Å². The zero-order chi connectivity index (χ0) is 12.4. The number of amides is 1. The second-order valence-electron chi connectivity index (χ2n) is 4.32. The number of carbonyl (C=O) groups excluding carboxylic acids is 1. The van der Waals surface area contributed by atoms with Crippen molar-refractivity contribution in [1.29, 1.82) is 0 Å². The van der Waals surface area contributed by atoms with Gasteiger partial charge in [-0.15, -0.1) is 0 Å². The summed E-state index contributed by atoms with van der Waals surface area (Å²) in [4.78, 5) is 11.9. The summed E-state index contributed by atoms with van der Waals surface area (Å²) < 4.78 is 0. The normalized spacial score (nSPS) is 23.7. The predicted molar refractivity (Wildman–Crippen MR) is 67.2 cm³/mol. The molecule has 1 aliphatic rings. The first-order valence-electron chi connectivity index (χ1n) is 5.54. The third-order valence-electron chi connectivity index (χ3n) is 2.81. The van der Waals surface area contributed by atoms with Crippen LogP contribution in [-0.4, -0.2) is 29.7 Å². The van der Waals surface area contributed by atoms with Gasteiger partial charge in [-0.05, 0) is 31.0 Å². The van der Waals surface area contributed by atoms with Gasteiger partial charge in [0.25, 0.3) is 0 Å². The van der Waals surface area contributed by atoms with Gasteiger partial charge >= 0.3 is 0 Å². The van der Waals surface area contributed by atoms with Crippen molar-refractivity contribution in [3.63, 3.8) is 0 Å². The molecule has 1 fully saturated rings. The molecule has 1 saturated heterocycles. The number of rotatable bonds is 2. The van der Waals surface area contributed by atoms with Crippen LogP contribution in [-0.2, 0) is 4.79 Å². The average Bonchev–Trinajstić information content (AvgIpc) is 2.69. The van der Waals surface area contributed by atoms with E-state index >= 15 is 0 Å². The van der Waals surface area contributed by atoms with Crippen LogP contribution in [0.1, 0.15) is 12.0 Å². The van der Waals surface area contributed by atoms with E-state index in [0.29, 0.717) is 23.7 Å². The lowest BCUT2D eigenvalue weighted by Crippen LogP contribution is -2.35. The Hall–Kier alpha value is -1.10. The van der Waals surface area contributed by atoms with Crippen molar-refractivity contribution in [2.75, 3.05) is 11.9 Å². The monoisotopic (exact) mass is 254 g/mol. The third kappa shape index (κ3) is 2.97. The summed E-state index contributed by atoms with van der Waals surface area (Å²) in [6.07, 6.45) is -0.00535. The van der Waals surface area contributed by atoms with E-state index in [1.165, 1.54) is 0 Å². The maximum atomic E-state index is 11.9. The van der Waals surface area contributed by atoms with Crippen LogP contribution in [0.4, 0.5) is 5.69 Å². The quantitative estimate of drug-likeness (QED) is 0.746. The highest BCUT2D eigenvalue weighted by Gasteiger charge is 2.28. The van der Waals surface area contributed by atoms with Crippen LogP contribution in [0.15, 0.2) is 18.2 Å². The van der Waals surface area contributed by atoms with Crippen LogP contribution >= 0.6 is 11.6 Å². The number of carbonyl (C=O) groups is 1. The van der Waals surface area contributed by atoms with Gasteiger partial charge in [0.05, 0.1) is 22.9 Å². The summed E-state index contributed by atoms with van der Waals surface area (Å²) in [6.45, 7) is 2.39. The first-order valence-corrected chi connectivity index (χ1v) is 5.92. The number of hydrogen-bond donors (Lipinski definition) is 3. The number of halogens is 1. The molecule has 5 heteroatoms. The fraction of sp³-hybridized carbons (Fsp3) is 0.417. The summed E-state index contributed by atoms with van der Waals surface area (Å²) in [6, 6.07) is 5.12. The first kappa shape index (κ1) is 12.4. The molecule has 0 bridgehead atoms. The summed E-state index contributed by atoms with van der Waals surface area (Å²) in [5.74, 6) is -0.160. The fourth-order valence-electron chi connectivity index (χ4n) is 1.86. The molecule has 0 spiro atoms. The van der Waals surface area contributed by atoms with E-state index in [9.17, 15) is 9.90 Å². The molecule has 17 heavy (non-hydrogen) atoms. The van der Waals surface area contributed by atoms with Gasteiger partial charge in [-0.3, -0.25) is 4.79 Å².